The van der Waals surface area contributed by atoms with Gasteiger partial charge < -0.3 is 10.1 Å². The lowest BCUT2D eigenvalue weighted by molar-refractivity contribution is 0.0937. The summed E-state index contributed by atoms with van der Waals surface area (Å²) in [6.07, 6.45) is 3.60. The molecule has 0 radical (unpaired) electrons. The van der Waals surface area contributed by atoms with Gasteiger partial charge >= 0.3 is 0 Å². The molecular weight excluding hydrogens is 380 g/mol. The highest BCUT2D eigenvalue weighted by molar-refractivity contribution is 6.07. The molecule has 154 valence electrons. The van der Waals surface area contributed by atoms with Crippen LogP contribution in [0.4, 0.5) is 0 Å². The van der Waals surface area contributed by atoms with Crippen molar-refractivity contribution in [2.75, 3.05) is 7.11 Å². The van der Waals surface area contributed by atoms with Crippen molar-refractivity contribution in [2.24, 2.45) is 7.05 Å². The second-order valence-electron chi connectivity index (χ2n) is 7.30. The first kappa shape index (κ1) is 19.6. The number of nitrogens with one attached hydrogen (secondary N) is 1. The Bertz CT molecular complexity index is 1200. The molecule has 0 bridgehead atoms. The van der Waals surface area contributed by atoms with E-state index in [0.29, 0.717) is 23.4 Å². The highest BCUT2D eigenvalue weighted by Crippen LogP contribution is 2.28. The van der Waals surface area contributed by atoms with E-state index < -0.39 is 0 Å². The molecule has 0 aliphatic carbocycles. The van der Waals surface area contributed by atoms with Crippen molar-refractivity contribution >= 4 is 16.9 Å². The Labute approximate surface area is 174 Å². The molecule has 0 saturated carbocycles. The van der Waals surface area contributed by atoms with E-state index in [0.717, 1.165) is 22.4 Å². The average molecular weight is 404 g/mol. The van der Waals surface area contributed by atoms with E-state index in [9.17, 15) is 4.79 Å². The zero-order valence-corrected chi connectivity index (χ0v) is 17.5. The predicted octanol–water partition coefficient (Wildman–Crippen LogP) is 2.97. The molecule has 0 fully saturated rings. The molecule has 8 nitrogen and oxygen atoms in total. The summed E-state index contributed by atoms with van der Waals surface area (Å²) >= 11 is 0. The minimum Gasteiger partial charge on any atom is -0.497 e. The second-order valence-corrected chi connectivity index (χ2v) is 7.30. The summed E-state index contributed by atoms with van der Waals surface area (Å²) in [6, 6.07) is 11.2. The minimum atomic E-state index is -0.165. The second kappa shape index (κ2) is 7.98. The van der Waals surface area contributed by atoms with Crippen molar-refractivity contribution in [3.8, 4) is 17.0 Å². The Balaban J connectivity index is 1.74. The van der Waals surface area contributed by atoms with Gasteiger partial charge in [-0.25, -0.2) is 4.98 Å². The lowest BCUT2D eigenvalue weighted by Crippen LogP contribution is -2.36. The number of rotatable bonds is 6. The largest absolute Gasteiger partial charge is 0.497 e. The van der Waals surface area contributed by atoms with Gasteiger partial charge in [-0.05, 0) is 38.1 Å². The van der Waals surface area contributed by atoms with Gasteiger partial charge in [-0.15, -0.1) is 0 Å². The molecule has 0 saturated heterocycles. The first-order chi connectivity index (χ1) is 14.5. The van der Waals surface area contributed by atoms with Crippen LogP contribution in [0, 0.1) is 6.92 Å². The number of fused-ring (bicyclic) bond motifs is 1. The van der Waals surface area contributed by atoms with E-state index in [-0.39, 0.29) is 11.9 Å². The highest BCUT2D eigenvalue weighted by Gasteiger charge is 2.20. The molecule has 8 heteroatoms. The maximum atomic E-state index is 13.2. The van der Waals surface area contributed by atoms with Crippen LogP contribution in [-0.4, -0.2) is 43.6 Å². The van der Waals surface area contributed by atoms with E-state index in [1.54, 1.807) is 22.7 Å². The topological polar surface area (TPSA) is 86.9 Å². The maximum absolute atomic E-state index is 13.2. The molecular formula is C22H24N6O2. The molecule has 1 atom stereocenters. The molecule has 30 heavy (non-hydrogen) atoms. The molecule has 0 aliphatic rings. The third kappa shape index (κ3) is 3.76. The summed E-state index contributed by atoms with van der Waals surface area (Å²) in [5, 5.41) is 12.5. The number of ether oxygens (including phenoxy) is 1. The molecule has 1 N–H and O–H groups in total. The van der Waals surface area contributed by atoms with Crippen LogP contribution in [-0.2, 0) is 13.6 Å². The van der Waals surface area contributed by atoms with Gasteiger partial charge in [0, 0.05) is 31.0 Å². The van der Waals surface area contributed by atoms with Crippen molar-refractivity contribution in [1.82, 2.24) is 29.9 Å². The normalized spacial score (nSPS) is 12.1. The third-order valence-electron chi connectivity index (χ3n) is 4.98. The molecule has 0 spiro atoms. The number of hydrogen-bond donors (Lipinski definition) is 1. The van der Waals surface area contributed by atoms with Crippen molar-refractivity contribution in [1.29, 1.82) is 0 Å². The molecule has 4 aromatic rings. The van der Waals surface area contributed by atoms with Crippen LogP contribution in [0.25, 0.3) is 22.3 Å². The number of pyridine rings is 1. The number of carbonyl (C=O) groups is 1. The van der Waals surface area contributed by atoms with Crippen LogP contribution in [0.2, 0.25) is 0 Å². The van der Waals surface area contributed by atoms with Crippen molar-refractivity contribution in [3.05, 3.63) is 60.0 Å². The lowest BCUT2D eigenvalue weighted by atomic mass is 10.0. The first-order valence-electron chi connectivity index (χ1n) is 9.73. The molecule has 4 rings (SSSR count). The number of aromatic nitrogens is 5. The summed E-state index contributed by atoms with van der Waals surface area (Å²) in [6.45, 7) is 4.43. The number of nitrogens with zero attached hydrogens (tertiary/aromatic N) is 5. The van der Waals surface area contributed by atoms with Crippen LogP contribution in [0.3, 0.4) is 0 Å². The molecule has 0 aliphatic heterocycles. The van der Waals surface area contributed by atoms with E-state index in [1.165, 1.54) is 0 Å². The van der Waals surface area contributed by atoms with Gasteiger partial charge in [0.05, 0.1) is 36.0 Å². The van der Waals surface area contributed by atoms with Crippen molar-refractivity contribution < 1.29 is 9.53 Å². The van der Waals surface area contributed by atoms with Crippen LogP contribution in [0.15, 0.2) is 48.8 Å². The van der Waals surface area contributed by atoms with Gasteiger partial charge in [-0.3, -0.25) is 14.2 Å². The Kier molecular flexibility index (Phi) is 5.22. The van der Waals surface area contributed by atoms with Gasteiger partial charge in [0.2, 0.25) is 0 Å². The van der Waals surface area contributed by atoms with Crippen LogP contribution < -0.4 is 10.1 Å². The monoisotopic (exact) mass is 404 g/mol. The molecule has 3 heterocycles. The van der Waals surface area contributed by atoms with E-state index in [4.69, 9.17) is 9.72 Å². The van der Waals surface area contributed by atoms with Gasteiger partial charge in [0.15, 0.2) is 5.65 Å². The van der Waals surface area contributed by atoms with Crippen molar-refractivity contribution in [2.45, 2.75) is 26.4 Å². The molecule has 0 unspecified atom stereocenters. The highest BCUT2D eigenvalue weighted by atomic mass is 16.5. The first-order valence-corrected chi connectivity index (χ1v) is 9.73. The number of carbonyl (C=O) groups excluding carboxylic acids is 1. The van der Waals surface area contributed by atoms with Gasteiger partial charge in [-0.2, -0.15) is 10.2 Å². The Morgan fingerprint density at radius 1 is 1.27 bits per heavy atom. The van der Waals surface area contributed by atoms with Crippen LogP contribution in [0.1, 0.15) is 23.0 Å². The van der Waals surface area contributed by atoms with Crippen LogP contribution >= 0.6 is 0 Å². The lowest BCUT2D eigenvalue weighted by Gasteiger charge is -2.15. The van der Waals surface area contributed by atoms with E-state index in [2.05, 4.69) is 15.5 Å². The minimum absolute atomic E-state index is 0.0992. The van der Waals surface area contributed by atoms with E-state index in [1.807, 2.05) is 63.5 Å². The number of aryl methyl sites for hydroxylation is 2. The Morgan fingerprint density at radius 2 is 2.10 bits per heavy atom. The Morgan fingerprint density at radius 3 is 2.83 bits per heavy atom. The number of amides is 1. The van der Waals surface area contributed by atoms with E-state index >= 15 is 0 Å². The summed E-state index contributed by atoms with van der Waals surface area (Å²) in [7, 11) is 3.46. The van der Waals surface area contributed by atoms with Gasteiger partial charge in [-0.1, -0.05) is 12.1 Å². The molecule has 1 aromatic carbocycles. The fraction of sp³-hybridized carbons (Fsp3) is 0.273. The van der Waals surface area contributed by atoms with Crippen LogP contribution in [0.5, 0.6) is 5.75 Å². The van der Waals surface area contributed by atoms with Gasteiger partial charge in [0.25, 0.3) is 5.91 Å². The number of benzene rings is 1. The summed E-state index contributed by atoms with van der Waals surface area (Å²) in [5.74, 6) is 0.566. The standard InChI is InChI=1S/C22H24N6O2/c1-14(13-28-10-6-9-23-28)24-22(29)18-12-19(16-7-5-8-17(11-16)30-4)25-21-20(18)15(2)26-27(21)3/h5-12,14H,13H2,1-4H3,(H,24,29)/t14-/m1/s1. The molecule has 3 aromatic heterocycles. The van der Waals surface area contributed by atoms with Gasteiger partial charge in [0.1, 0.15) is 5.75 Å². The summed E-state index contributed by atoms with van der Waals surface area (Å²) in [5.41, 5.74) is 3.54. The molecule has 1 amide bonds. The quantitative estimate of drug-likeness (QED) is 0.534. The smallest absolute Gasteiger partial charge is 0.252 e. The number of hydrogen-bond acceptors (Lipinski definition) is 5. The number of methoxy groups -OCH3 is 1. The summed E-state index contributed by atoms with van der Waals surface area (Å²) in [4.78, 5) is 18.0. The van der Waals surface area contributed by atoms with Crippen molar-refractivity contribution in [3.63, 3.8) is 0 Å². The fourth-order valence-electron chi connectivity index (χ4n) is 3.59. The summed E-state index contributed by atoms with van der Waals surface area (Å²) < 4.78 is 8.84. The fourth-order valence-corrected chi connectivity index (χ4v) is 3.59. The SMILES string of the molecule is COc1cccc(-c2cc(C(=O)N[C@H](C)Cn3cccn3)c3c(C)nn(C)c3n2)c1. The Hall–Kier alpha value is -3.68. The average Bonchev–Trinajstić information content (AvgIpc) is 3.35. The maximum Gasteiger partial charge on any atom is 0.252 e. The predicted molar refractivity (Wildman–Crippen MR) is 114 cm³/mol. The zero-order chi connectivity index (χ0) is 21.3. The zero-order valence-electron chi connectivity index (χ0n) is 17.5. The third-order valence-corrected chi connectivity index (χ3v) is 4.98.